The van der Waals surface area contributed by atoms with E-state index in [9.17, 15) is 14.9 Å². The molecule has 33 heavy (non-hydrogen) atoms. The standard InChI is InChI=1S/C25H18Cl2N2O4/c1-2-32-23-14-16(3-12-22(23)33-25(31)17-4-6-19(26)7-5-17)13-18(15-28)24(30)29-21-10-8-20(27)9-11-21/h3-14H,2H2,1H3,(H,29,30)/b18-13+. The maximum atomic E-state index is 12.5. The smallest absolute Gasteiger partial charge is 0.343 e. The summed E-state index contributed by atoms with van der Waals surface area (Å²) in [6, 6.07) is 19.4. The summed E-state index contributed by atoms with van der Waals surface area (Å²) in [6.07, 6.45) is 1.42. The highest BCUT2D eigenvalue weighted by Gasteiger charge is 2.15. The summed E-state index contributed by atoms with van der Waals surface area (Å²) in [4.78, 5) is 24.9. The summed E-state index contributed by atoms with van der Waals surface area (Å²) < 4.78 is 11.1. The Morgan fingerprint density at radius 1 is 0.970 bits per heavy atom. The normalized spacial score (nSPS) is 10.8. The van der Waals surface area contributed by atoms with E-state index in [2.05, 4.69) is 5.32 Å². The Kier molecular flexibility index (Phi) is 8.09. The number of benzene rings is 3. The number of halogens is 2. The van der Waals surface area contributed by atoms with E-state index in [1.165, 1.54) is 12.1 Å². The molecule has 0 aliphatic heterocycles. The molecule has 0 fully saturated rings. The van der Waals surface area contributed by atoms with Crippen molar-refractivity contribution >= 4 is 46.8 Å². The van der Waals surface area contributed by atoms with Crippen LogP contribution in [-0.2, 0) is 4.79 Å². The first-order valence-electron chi connectivity index (χ1n) is 9.83. The molecule has 6 nitrogen and oxygen atoms in total. The molecular formula is C25H18Cl2N2O4. The molecule has 0 heterocycles. The minimum atomic E-state index is -0.573. The zero-order valence-corrected chi connectivity index (χ0v) is 19.0. The molecule has 3 aromatic carbocycles. The van der Waals surface area contributed by atoms with Crippen LogP contribution in [0.1, 0.15) is 22.8 Å². The average Bonchev–Trinajstić information content (AvgIpc) is 2.81. The van der Waals surface area contributed by atoms with E-state index in [-0.39, 0.29) is 11.3 Å². The number of anilines is 1. The second-order valence-electron chi connectivity index (χ2n) is 6.67. The quantitative estimate of drug-likeness (QED) is 0.189. The van der Waals surface area contributed by atoms with Gasteiger partial charge in [-0.1, -0.05) is 29.3 Å². The molecule has 166 valence electrons. The first-order valence-corrected chi connectivity index (χ1v) is 10.6. The number of ether oxygens (including phenoxy) is 2. The van der Waals surface area contributed by atoms with E-state index in [1.807, 2.05) is 6.07 Å². The third-order valence-electron chi connectivity index (χ3n) is 4.33. The van der Waals surface area contributed by atoms with Crippen LogP contribution in [0.2, 0.25) is 10.0 Å². The molecule has 3 rings (SSSR count). The molecule has 3 aromatic rings. The van der Waals surface area contributed by atoms with Gasteiger partial charge in [-0.2, -0.15) is 5.26 Å². The van der Waals surface area contributed by atoms with Crippen molar-refractivity contribution in [2.75, 3.05) is 11.9 Å². The molecule has 0 aliphatic rings. The van der Waals surface area contributed by atoms with Gasteiger partial charge in [0.15, 0.2) is 11.5 Å². The minimum absolute atomic E-state index is 0.113. The van der Waals surface area contributed by atoms with Crippen molar-refractivity contribution in [1.29, 1.82) is 5.26 Å². The van der Waals surface area contributed by atoms with E-state index >= 15 is 0 Å². The van der Waals surface area contributed by atoms with Gasteiger partial charge >= 0.3 is 5.97 Å². The van der Waals surface area contributed by atoms with Gasteiger partial charge in [0.05, 0.1) is 12.2 Å². The fourth-order valence-corrected chi connectivity index (χ4v) is 3.01. The lowest BCUT2D eigenvalue weighted by Crippen LogP contribution is -2.13. The van der Waals surface area contributed by atoms with E-state index < -0.39 is 11.9 Å². The molecule has 1 amide bonds. The van der Waals surface area contributed by atoms with Crippen molar-refractivity contribution in [2.45, 2.75) is 6.92 Å². The van der Waals surface area contributed by atoms with Gasteiger partial charge in [0, 0.05) is 15.7 Å². The van der Waals surface area contributed by atoms with Crippen molar-refractivity contribution in [2.24, 2.45) is 0 Å². The fraction of sp³-hybridized carbons (Fsp3) is 0.0800. The molecule has 0 spiro atoms. The highest BCUT2D eigenvalue weighted by atomic mass is 35.5. The topological polar surface area (TPSA) is 88.4 Å². The lowest BCUT2D eigenvalue weighted by atomic mass is 10.1. The van der Waals surface area contributed by atoms with E-state index in [0.29, 0.717) is 39.2 Å². The van der Waals surface area contributed by atoms with Crippen LogP contribution in [0, 0.1) is 11.3 Å². The summed E-state index contributed by atoms with van der Waals surface area (Å²) in [6.45, 7) is 2.11. The Hall–Kier alpha value is -3.79. The second kappa shape index (κ2) is 11.2. The molecule has 0 bridgehead atoms. The van der Waals surface area contributed by atoms with Crippen LogP contribution >= 0.6 is 23.2 Å². The van der Waals surface area contributed by atoms with E-state index in [4.69, 9.17) is 32.7 Å². The Balaban J connectivity index is 1.81. The number of hydrogen-bond acceptors (Lipinski definition) is 5. The highest BCUT2D eigenvalue weighted by molar-refractivity contribution is 6.31. The number of nitriles is 1. The Labute approximate surface area is 201 Å². The molecule has 0 saturated carbocycles. The number of carbonyl (C=O) groups is 2. The zero-order chi connectivity index (χ0) is 23.8. The van der Waals surface area contributed by atoms with Crippen molar-refractivity contribution in [3.05, 3.63) is 93.5 Å². The van der Waals surface area contributed by atoms with E-state index in [0.717, 1.165) is 0 Å². The number of carbonyl (C=O) groups excluding carboxylic acids is 2. The van der Waals surface area contributed by atoms with Crippen LogP contribution in [0.4, 0.5) is 5.69 Å². The molecular weight excluding hydrogens is 463 g/mol. The van der Waals surface area contributed by atoms with Crippen molar-refractivity contribution in [3.8, 4) is 17.6 Å². The van der Waals surface area contributed by atoms with E-state index in [1.54, 1.807) is 67.6 Å². The van der Waals surface area contributed by atoms with Crippen molar-refractivity contribution in [1.82, 2.24) is 0 Å². The van der Waals surface area contributed by atoms with Crippen molar-refractivity contribution in [3.63, 3.8) is 0 Å². The van der Waals surface area contributed by atoms with Crippen molar-refractivity contribution < 1.29 is 19.1 Å². The predicted molar refractivity (Wildman–Crippen MR) is 128 cm³/mol. The lowest BCUT2D eigenvalue weighted by molar-refractivity contribution is -0.112. The van der Waals surface area contributed by atoms with Crippen LogP contribution in [-0.4, -0.2) is 18.5 Å². The predicted octanol–water partition coefficient (Wildman–Crippen LogP) is 6.16. The molecule has 0 radical (unpaired) electrons. The van der Waals surface area contributed by atoms with Gasteiger partial charge in [0.25, 0.3) is 5.91 Å². The number of amides is 1. The molecule has 8 heteroatoms. The van der Waals surface area contributed by atoms with Gasteiger partial charge < -0.3 is 14.8 Å². The largest absolute Gasteiger partial charge is 0.490 e. The number of nitrogens with one attached hydrogen (secondary N) is 1. The van der Waals surface area contributed by atoms with Gasteiger partial charge in [0.1, 0.15) is 11.6 Å². The van der Waals surface area contributed by atoms with Crippen LogP contribution in [0.15, 0.2) is 72.3 Å². The Morgan fingerprint density at radius 3 is 2.21 bits per heavy atom. The number of esters is 1. The maximum Gasteiger partial charge on any atom is 0.343 e. The van der Waals surface area contributed by atoms with Crippen LogP contribution < -0.4 is 14.8 Å². The monoisotopic (exact) mass is 480 g/mol. The fourth-order valence-electron chi connectivity index (χ4n) is 2.76. The molecule has 0 aliphatic carbocycles. The average molecular weight is 481 g/mol. The maximum absolute atomic E-state index is 12.5. The highest BCUT2D eigenvalue weighted by Crippen LogP contribution is 2.30. The molecule has 0 saturated heterocycles. The second-order valence-corrected chi connectivity index (χ2v) is 7.54. The van der Waals surface area contributed by atoms with Gasteiger partial charge in [-0.25, -0.2) is 4.79 Å². The summed E-state index contributed by atoms with van der Waals surface area (Å²) in [5.41, 5.74) is 1.24. The molecule has 0 unspecified atom stereocenters. The first-order chi connectivity index (χ1) is 15.9. The number of rotatable bonds is 7. The van der Waals surface area contributed by atoms with Gasteiger partial charge in [-0.05, 0) is 79.2 Å². The van der Waals surface area contributed by atoms with Gasteiger partial charge in [-0.15, -0.1) is 0 Å². The van der Waals surface area contributed by atoms with Gasteiger partial charge in [-0.3, -0.25) is 4.79 Å². The molecule has 1 N–H and O–H groups in total. The van der Waals surface area contributed by atoms with Gasteiger partial charge in [0.2, 0.25) is 0 Å². The Morgan fingerprint density at radius 2 is 1.61 bits per heavy atom. The summed E-state index contributed by atoms with van der Waals surface area (Å²) in [5, 5.41) is 13.1. The summed E-state index contributed by atoms with van der Waals surface area (Å²) in [5.74, 6) is -0.644. The zero-order valence-electron chi connectivity index (χ0n) is 17.5. The van der Waals surface area contributed by atoms with Crippen LogP contribution in [0.25, 0.3) is 6.08 Å². The molecule has 0 aromatic heterocycles. The number of nitrogens with zero attached hydrogens (tertiary/aromatic N) is 1. The van der Waals surface area contributed by atoms with Crippen LogP contribution in [0.3, 0.4) is 0 Å². The Bertz CT molecular complexity index is 1230. The minimum Gasteiger partial charge on any atom is -0.490 e. The summed E-state index contributed by atoms with van der Waals surface area (Å²) >= 11 is 11.7. The third kappa shape index (κ3) is 6.59. The SMILES string of the molecule is CCOc1cc(/C=C(\C#N)C(=O)Nc2ccc(Cl)cc2)ccc1OC(=O)c1ccc(Cl)cc1. The lowest BCUT2D eigenvalue weighted by Gasteiger charge is -2.12. The summed E-state index contributed by atoms with van der Waals surface area (Å²) in [7, 11) is 0. The van der Waals surface area contributed by atoms with Crippen LogP contribution in [0.5, 0.6) is 11.5 Å². The molecule has 0 atom stereocenters. The first kappa shape index (κ1) is 23.9. The number of hydrogen-bond donors (Lipinski definition) is 1. The third-order valence-corrected chi connectivity index (χ3v) is 4.83.